The molecule has 0 radical (unpaired) electrons. The Kier molecular flexibility index (Phi) is 4.99. The molecule has 0 fully saturated rings. The van der Waals surface area contributed by atoms with Crippen molar-refractivity contribution in [3.05, 3.63) is 64.6 Å². The SMILES string of the molecule is CN(Cc1ccc(N(C)C)cc1)C(=O)Cn1ccccc1=O. The van der Waals surface area contributed by atoms with Crippen molar-refractivity contribution in [2.24, 2.45) is 0 Å². The molecule has 0 aliphatic carbocycles. The topological polar surface area (TPSA) is 45.5 Å². The summed E-state index contributed by atoms with van der Waals surface area (Å²) in [5.41, 5.74) is 2.01. The normalized spacial score (nSPS) is 10.3. The van der Waals surface area contributed by atoms with Crippen LogP contribution in [0.15, 0.2) is 53.5 Å². The van der Waals surface area contributed by atoms with Crippen LogP contribution in [0.25, 0.3) is 0 Å². The van der Waals surface area contributed by atoms with Crippen LogP contribution in [0.3, 0.4) is 0 Å². The van der Waals surface area contributed by atoms with Gasteiger partial charge in [-0.3, -0.25) is 9.59 Å². The lowest BCUT2D eigenvalue weighted by atomic mass is 10.2. The van der Waals surface area contributed by atoms with E-state index in [1.807, 2.05) is 43.3 Å². The van der Waals surface area contributed by atoms with Crippen LogP contribution in [-0.4, -0.2) is 36.5 Å². The Hall–Kier alpha value is -2.56. The highest BCUT2D eigenvalue weighted by Gasteiger charge is 2.10. The number of hydrogen-bond donors (Lipinski definition) is 0. The minimum absolute atomic E-state index is 0.0615. The van der Waals surface area contributed by atoms with Crippen molar-refractivity contribution in [2.75, 3.05) is 26.0 Å². The van der Waals surface area contributed by atoms with Crippen LogP contribution >= 0.6 is 0 Å². The molecule has 1 heterocycles. The predicted molar refractivity (Wildman–Crippen MR) is 87.9 cm³/mol. The Bertz CT molecular complexity index is 690. The van der Waals surface area contributed by atoms with E-state index in [0.29, 0.717) is 6.54 Å². The summed E-state index contributed by atoms with van der Waals surface area (Å²) in [6.07, 6.45) is 1.62. The molecule has 5 heteroatoms. The smallest absolute Gasteiger partial charge is 0.250 e. The van der Waals surface area contributed by atoms with Gasteiger partial charge in [0.2, 0.25) is 5.91 Å². The monoisotopic (exact) mass is 299 g/mol. The van der Waals surface area contributed by atoms with Crippen molar-refractivity contribution in [1.82, 2.24) is 9.47 Å². The van der Waals surface area contributed by atoms with Crippen LogP contribution in [0.2, 0.25) is 0 Å². The largest absolute Gasteiger partial charge is 0.378 e. The number of nitrogens with zero attached hydrogens (tertiary/aromatic N) is 3. The molecule has 0 N–H and O–H groups in total. The number of amides is 1. The molecule has 2 rings (SSSR count). The summed E-state index contributed by atoms with van der Waals surface area (Å²) >= 11 is 0. The summed E-state index contributed by atoms with van der Waals surface area (Å²) in [4.78, 5) is 27.5. The van der Waals surface area contributed by atoms with Crippen molar-refractivity contribution in [3.63, 3.8) is 0 Å². The van der Waals surface area contributed by atoms with Crippen molar-refractivity contribution in [2.45, 2.75) is 13.1 Å². The van der Waals surface area contributed by atoms with Gasteiger partial charge >= 0.3 is 0 Å². The van der Waals surface area contributed by atoms with E-state index in [4.69, 9.17) is 0 Å². The number of aromatic nitrogens is 1. The minimum Gasteiger partial charge on any atom is -0.378 e. The van der Waals surface area contributed by atoms with E-state index >= 15 is 0 Å². The first-order valence-electron chi connectivity index (χ1n) is 7.13. The fourth-order valence-electron chi connectivity index (χ4n) is 2.12. The Balaban J connectivity index is 1.99. The maximum Gasteiger partial charge on any atom is 0.250 e. The highest BCUT2D eigenvalue weighted by molar-refractivity contribution is 5.75. The standard InChI is InChI=1S/C17H21N3O2/c1-18(2)15-9-7-14(8-10-15)12-19(3)17(22)13-20-11-5-4-6-16(20)21/h4-11H,12-13H2,1-3H3. The zero-order valence-corrected chi connectivity index (χ0v) is 13.2. The molecule has 0 atom stereocenters. The van der Waals surface area contributed by atoms with Gasteiger partial charge in [-0.05, 0) is 23.8 Å². The van der Waals surface area contributed by atoms with Crippen molar-refractivity contribution < 1.29 is 4.79 Å². The average Bonchev–Trinajstić information content (AvgIpc) is 2.50. The summed E-state index contributed by atoms with van der Waals surface area (Å²) in [5.74, 6) is -0.0926. The summed E-state index contributed by atoms with van der Waals surface area (Å²) in [5, 5.41) is 0. The summed E-state index contributed by atoms with van der Waals surface area (Å²) in [6, 6.07) is 12.9. The van der Waals surface area contributed by atoms with Crippen molar-refractivity contribution in [3.8, 4) is 0 Å². The number of pyridine rings is 1. The number of anilines is 1. The second-order valence-electron chi connectivity index (χ2n) is 5.48. The second kappa shape index (κ2) is 6.93. The third kappa shape index (κ3) is 3.97. The summed E-state index contributed by atoms with van der Waals surface area (Å²) in [7, 11) is 5.72. The third-order valence-corrected chi connectivity index (χ3v) is 3.50. The molecule has 116 valence electrons. The van der Waals surface area contributed by atoms with Crippen molar-refractivity contribution >= 4 is 11.6 Å². The molecular formula is C17H21N3O2. The molecule has 0 unspecified atom stereocenters. The summed E-state index contributed by atoms with van der Waals surface area (Å²) in [6.45, 7) is 0.583. The Morgan fingerprint density at radius 2 is 1.73 bits per heavy atom. The number of likely N-dealkylation sites (N-methyl/N-ethyl adjacent to an activating group) is 1. The Labute approximate surface area is 130 Å². The third-order valence-electron chi connectivity index (χ3n) is 3.50. The lowest BCUT2D eigenvalue weighted by Gasteiger charge is -2.19. The van der Waals surface area contributed by atoms with Gasteiger partial charge in [-0.1, -0.05) is 18.2 Å². The van der Waals surface area contributed by atoms with Gasteiger partial charge in [0.25, 0.3) is 5.56 Å². The second-order valence-corrected chi connectivity index (χ2v) is 5.48. The highest BCUT2D eigenvalue weighted by Crippen LogP contribution is 2.13. The van der Waals surface area contributed by atoms with E-state index in [2.05, 4.69) is 0 Å². The maximum atomic E-state index is 12.2. The molecule has 0 aliphatic rings. The number of rotatable bonds is 5. The highest BCUT2D eigenvalue weighted by atomic mass is 16.2. The molecule has 0 saturated heterocycles. The molecular weight excluding hydrogens is 278 g/mol. The van der Waals surface area contributed by atoms with E-state index in [1.165, 1.54) is 10.6 Å². The predicted octanol–water partition coefficient (Wildman–Crippen LogP) is 1.57. The van der Waals surface area contributed by atoms with Crippen LogP contribution in [0, 0.1) is 0 Å². The molecule has 0 bridgehead atoms. The van der Waals surface area contributed by atoms with E-state index in [9.17, 15) is 9.59 Å². The fourth-order valence-corrected chi connectivity index (χ4v) is 2.12. The van der Waals surface area contributed by atoms with Gasteiger partial charge in [-0.25, -0.2) is 0 Å². The van der Waals surface area contributed by atoms with Crippen LogP contribution in [0.4, 0.5) is 5.69 Å². The van der Waals surface area contributed by atoms with Gasteiger partial charge in [-0.15, -0.1) is 0 Å². The molecule has 0 saturated carbocycles. The van der Waals surface area contributed by atoms with E-state index < -0.39 is 0 Å². The van der Waals surface area contributed by atoms with E-state index in [1.54, 1.807) is 30.3 Å². The lowest BCUT2D eigenvalue weighted by molar-refractivity contribution is -0.131. The molecule has 0 spiro atoms. The minimum atomic E-state index is -0.167. The average molecular weight is 299 g/mol. The Morgan fingerprint density at radius 3 is 2.32 bits per heavy atom. The first kappa shape index (κ1) is 15.8. The van der Waals surface area contributed by atoms with Gasteiger partial charge in [0.15, 0.2) is 0 Å². The molecule has 1 amide bonds. The lowest BCUT2D eigenvalue weighted by Crippen LogP contribution is -2.33. The summed E-state index contributed by atoms with van der Waals surface area (Å²) < 4.78 is 1.41. The van der Waals surface area contributed by atoms with Crippen LogP contribution in [0.5, 0.6) is 0 Å². The van der Waals surface area contributed by atoms with E-state index in [0.717, 1.165) is 11.3 Å². The Morgan fingerprint density at radius 1 is 1.05 bits per heavy atom. The molecule has 0 aliphatic heterocycles. The number of carbonyl (C=O) groups excluding carboxylic acids is 1. The van der Waals surface area contributed by atoms with Crippen LogP contribution in [0.1, 0.15) is 5.56 Å². The van der Waals surface area contributed by atoms with Gasteiger partial charge < -0.3 is 14.4 Å². The van der Waals surface area contributed by atoms with Crippen molar-refractivity contribution in [1.29, 1.82) is 0 Å². The van der Waals surface area contributed by atoms with Gasteiger partial charge in [0, 0.05) is 45.6 Å². The number of benzene rings is 1. The quantitative estimate of drug-likeness (QED) is 0.842. The molecule has 22 heavy (non-hydrogen) atoms. The maximum absolute atomic E-state index is 12.2. The number of carbonyl (C=O) groups is 1. The first-order chi connectivity index (χ1) is 10.5. The zero-order valence-electron chi connectivity index (χ0n) is 13.2. The van der Waals surface area contributed by atoms with Crippen LogP contribution < -0.4 is 10.5 Å². The molecule has 1 aromatic heterocycles. The fraction of sp³-hybridized carbons (Fsp3) is 0.294. The zero-order chi connectivity index (χ0) is 16.1. The molecule has 2 aromatic rings. The first-order valence-corrected chi connectivity index (χ1v) is 7.13. The van der Waals surface area contributed by atoms with Gasteiger partial charge in [0.1, 0.15) is 6.54 Å². The number of hydrogen-bond acceptors (Lipinski definition) is 3. The molecule has 1 aromatic carbocycles. The van der Waals surface area contributed by atoms with Gasteiger partial charge in [0.05, 0.1) is 0 Å². The van der Waals surface area contributed by atoms with E-state index in [-0.39, 0.29) is 18.0 Å². The van der Waals surface area contributed by atoms with Crippen LogP contribution in [-0.2, 0) is 17.9 Å². The molecule has 5 nitrogen and oxygen atoms in total. The van der Waals surface area contributed by atoms with Gasteiger partial charge in [-0.2, -0.15) is 0 Å².